The molecular formula is C10H24N2Si. The molecule has 0 bridgehead atoms. The van der Waals surface area contributed by atoms with Crippen molar-refractivity contribution in [2.45, 2.75) is 26.1 Å². The normalized spacial score (nSPS) is 14.4. The van der Waals surface area contributed by atoms with Gasteiger partial charge >= 0.3 is 0 Å². The first-order valence-electron chi connectivity index (χ1n) is 4.97. The van der Waals surface area contributed by atoms with Gasteiger partial charge in [-0.15, -0.1) is 5.70 Å². The maximum absolute atomic E-state index is 2.44. The van der Waals surface area contributed by atoms with Crippen LogP contribution in [0.5, 0.6) is 0 Å². The second-order valence-corrected chi connectivity index (χ2v) is 5.30. The van der Waals surface area contributed by atoms with Gasteiger partial charge in [-0.2, -0.15) is 0 Å². The number of hydrogen-bond donors (Lipinski definition) is 0. The van der Waals surface area contributed by atoms with Crippen molar-refractivity contribution in [3.8, 4) is 0 Å². The Morgan fingerprint density at radius 2 is 1.69 bits per heavy atom. The summed E-state index contributed by atoms with van der Waals surface area (Å²) in [6, 6.07) is 0. The van der Waals surface area contributed by atoms with Gasteiger partial charge in [-0.05, 0) is 41.5 Å². The van der Waals surface area contributed by atoms with Gasteiger partial charge in [0.1, 0.15) is 0 Å². The van der Waals surface area contributed by atoms with Crippen molar-refractivity contribution in [1.29, 1.82) is 0 Å². The summed E-state index contributed by atoms with van der Waals surface area (Å²) in [6.07, 6.45) is 1.71. The summed E-state index contributed by atoms with van der Waals surface area (Å²) in [5.74, 6) is 0. The molecular weight excluding hydrogens is 176 g/mol. The van der Waals surface area contributed by atoms with E-state index in [4.69, 9.17) is 0 Å². The minimum atomic E-state index is 0.0754. The Balaban J connectivity index is 4.18. The topological polar surface area (TPSA) is 6.48 Å². The third-order valence-electron chi connectivity index (χ3n) is 2.25. The zero-order valence-electron chi connectivity index (χ0n) is 9.96. The maximum atomic E-state index is 2.44. The summed E-state index contributed by atoms with van der Waals surface area (Å²) in [6.45, 7) is 4.57. The Bertz CT molecular complexity index is 156. The molecule has 0 N–H and O–H groups in total. The Morgan fingerprint density at radius 1 is 1.23 bits per heavy atom. The summed E-state index contributed by atoms with van der Waals surface area (Å²) in [5.41, 5.74) is 3.99. The van der Waals surface area contributed by atoms with Gasteiger partial charge in [0.25, 0.3) is 0 Å². The van der Waals surface area contributed by atoms with Crippen molar-refractivity contribution < 1.29 is 0 Å². The van der Waals surface area contributed by atoms with Gasteiger partial charge in [0.2, 0.25) is 0 Å². The van der Waals surface area contributed by atoms with Crippen molar-refractivity contribution in [3.63, 3.8) is 0 Å². The predicted molar refractivity (Wildman–Crippen MR) is 63.9 cm³/mol. The van der Waals surface area contributed by atoms with Crippen LogP contribution in [0.3, 0.4) is 0 Å². The second-order valence-electron chi connectivity index (χ2n) is 4.07. The van der Waals surface area contributed by atoms with Crippen LogP contribution in [0.1, 0.15) is 13.3 Å². The summed E-state index contributed by atoms with van der Waals surface area (Å²) in [5, 5.41) is 0. The van der Waals surface area contributed by atoms with Gasteiger partial charge in [0.05, 0.1) is 6.17 Å². The zero-order chi connectivity index (χ0) is 10.4. The lowest BCUT2D eigenvalue weighted by molar-refractivity contribution is 0.129. The van der Waals surface area contributed by atoms with Crippen molar-refractivity contribution >= 4 is 9.52 Å². The van der Waals surface area contributed by atoms with Gasteiger partial charge in [0.15, 0.2) is 0 Å². The van der Waals surface area contributed by atoms with Gasteiger partial charge in [-0.25, -0.2) is 0 Å². The minimum Gasteiger partial charge on any atom is -0.294 e. The largest absolute Gasteiger partial charge is 0.294 e. The van der Waals surface area contributed by atoms with Crippen LogP contribution in [-0.4, -0.2) is 53.7 Å². The van der Waals surface area contributed by atoms with Crippen LogP contribution in [0.15, 0.2) is 11.3 Å². The van der Waals surface area contributed by atoms with Gasteiger partial charge in [-0.1, -0.05) is 12.1 Å². The van der Waals surface area contributed by atoms with E-state index >= 15 is 0 Å². The molecule has 78 valence electrons. The van der Waals surface area contributed by atoms with E-state index in [0.29, 0.717) is 6.17 Å². The fourth-order valence-electron chi connectivity index (χ4n) is 1.55. The standard InChI is InChI=1S/C10H24N2Si/c1-9(8-13-6)7-10(11(2)3)12(4)5/h8,10H,7,13H2,1-6H3. The van der Waals surface area contributed by atoms with Crippen molar-refractivity contribution in [3.05, 3.63) is 11.3 Å². The Labute approximate surface area is 85.4 Å². The first kappa shape index (κ1) is 12.9. The third kappa shape index (κ3) is 5.24. The number of nitrogens with zero attached hydrogens (tertiary/aromatic N) is 2. The lowest BCUT2D eigenvalue weighted by atomic mass is 10.2. The highest BCUT2D eigenvalue weighted by molar-refractivity contribution is 6.40. The molecule has 0 amide bonds. The summed E-state index contributed by atoms with van der Waals surface area (Å²) in [7, 11) is 8.64. The fourth-order valence-corrected chi connectivity index (χ4v) is 2.41. The fraction of sp³-hybridized carbons (Fsp3) is 0.800. The van der Waals surface area contributed by atoms with E-state index in [-0.39, 0.29) is 9.52 Å². The monoisotopic (exact) mass is 200 g/mol. The molecule has 0 atom stereocenters. The predicted octanol–water partition coefficient (Wildman–Crippen LogP) is 0.946. The van der Waals surface area contributed by atoms with Gasteiger partial charge < -0.3 is 0 Å². The molecule has 0 aliphatic heterocycles. The highest BCUT2D eigenvalue weighted by atomic mass is 28.2. The maximum Gasteiger partial charge on any atom is 0.0650 e. The quantitative estimate of drug-likeness (QED) is 0.481. The molecule has 0 fully saturated rings. The number of hydrogen-bond acceptors (Lipinski definition) is 2. The minimum absolute atomic E-state index is 0.0754. The van der Waals surface area contributed by atoms with Crippen LogP contribution in [0, 0.1) is 0 Å². The molecule has 0 aliphatic rings. The van der Waals surface area contributed by atoms with Crippen molar-refractivity contribution in [2.24, 2.45) is 0 Å². The van der Waals surface area contributed by atoms with E-state index in [1.807, 2.05) is 0 Å². The lowest BCUT2D eigenvalue weighted by Crippen LogP contribution is -2.40. The molecule has 3 heteroatoms. The Hall–Kier alpha value is -0.123. The second kappa shape index (κ2) is 6.35. The molecule has 0 aromatic carbocycles. The van der Waals surface area contributed by atoms with E-state index in [2.05, 4.69) is 57.2 Å². The molecule has 0 saturated heterocycles. The van der Waals surface area contributed by atoms with Gasteiger partial charge in [0, 0.05) is 9.52 Å². The first-order valence-corrected chi connectivity index (χ1v) is 7.20. The van der Waals surface area contributed by atoms with Gasteiger partial charge in [-0.3, -0.25) is 9.80 Å². The smallest absolute Gasteiger partial charge is 0.0650 e. The SMILES string of the molecule is C[SiH2]C=C(C)CC(N(C)C)N(C)C. The van der Waals surface area contributed by atoms with E-state index < -0.39 is 0 Å². The van der Waals surface area contributed by atoms with Crippen molar-refractivity contribution in [1.82, 2.24) is 9.80 Å². The molecule has 0 unspecified atom stereocenters. The molecule has 0 aliphatic carbocycles. The molecule has 0 aromatic heterocycles. The van der Waals surface area contributed by atoms with E-state index in [9.17, 15) is 0 Å². The first-order chi connectivity index (χ1) is 5.99. The third-order valence-corrected chi connectivity index (χ3v) is 3.35. The highest BCUT2D eigenvalue weighted by Gasteiger charge is 2.13. The van der Waals surface area contributed by atoms with Crippen LogP contribution in [0.4, 0.5) is 0 Å². The zero-order valence-corrected chi connectivity index (χ0v) is 11.4. The highest BCUT2D eigenvalue weighted by Crippen LogP contribution is 2.10. The van der Waals surface area contributed by atoms with Crippen LogP contribution in [0.2, 0.25) is 6.55 Å². The molecule has 0 saturated carbocycles. The summed E-state index contributed by atoms with van der Waals surface area (Å²) in [4.78, 5) is 4.54. The Kier molecular flexibility index (Phi) is 6.29. The van der Waals surface area contributed by atoms with Crippen LogP contribution in [0.25, 0.3) is 0 Å². The van der Waals surface area contributed by atoms with E-state index in [1.54, 1.807) is 5.57 Å². The molecule has 0 radical (unpaired) electrons. The summed E-state index contributed by atoms with van der Waals surface area (Å²) >= 11 is 0. The number of rotatable bonds is 5. The van der Waals surface area contributed by atoms with E-state index in [1.165, 1.54) is 6.42 Å². The molecule has 0 rings (SSSR count). The molecule has 0 spiro atoms. The molecule has 0 heterocycles. The molecule has 13 heavy (non-hydrogen) atoms. The van der Waals surface area contributed by atoms with E-state index in [0.717, 1.165) is 0 Å². The molecule has 2 nitrogen and oxygen atoms in total. The van der Waals surface area contributed by atoms with Crippen molar-refractivity contribution in [2.75, 3.05) is 28.2 Å². The Morgan fingerprint density at radius 3 is 2.00 bits per heavy atom. The molecule has 0 aromatic rings. The summed E-state index contributed by atoms with van der Waals surface area (Å²) < 4.78 is 0. The van der Waals surface area contributed by atoms with Crippen LogP contribution < -0.4 is 0 Å². The average Bonchev–Trinajstić information content (AvgIpc) is 1.99. The lowest BCUT2D eigenvalue weighted by Gasteiger charge is -2.30. The van der Waals surface area contributed by atoms with Crippen LogP contribution in [-0.2, 0) is 0 Å². The van der Waals surface area contributed by atoms with Crippen LogP contribution >= 0.6 is 0 Å². The average molecular weight is 200 g/mol.